The van der Waals surface area contributed by atoms with Gasteiger partial charge in [-0.1, -0.05) is 74.5 Å². The molecule has 0 aromatic heterocycles. The molecule has 35 heavy (non-hydrogen) atoms. The number of nitrogens with one attached hydrogen (secondary N) is 2. The standard InChI is InChI=1S/C28H28N2O5/c1-17(2)26(27(32)33)30-25(31)15-18-8-7-9-19(14-18)29-28(34)35-16-24-22-12-5-3-10-20(22)21-11-4-6-13-23(21)24/h3-14,17,24,26H,15-16H2,1-2H3,(H,29,34)(H,30,31)(H,32,33)/t26-/m0/s1. The van der Waals surface area contributed by atoms with E-state index in [0.717, 1.165) is 22.3 Å². The molecule has 2 amide bonds. The summed E-state index contributed by atoms with van der Waals surface area (Å²) in [6.07, 6.45) is -0.587. The molecule has 0 saturated heterocycles. The number of fused-ring (bicyclic) bond motifs is 3. The summed E-state index contributed by atoms with van der Waals surface area (Å²) in [6, 6.07) is 22.1. The van der Waals surface area contributed by atoms with Gasteiger partial charge in [-0.15, -0.1) is 0 Å². The van der Waals surface area contributed by atoms with Gasteiger partial charge in [-0.25, -0.2) is 9.59 Å². The number of anilines is 1. The fourth-order valence-electron chi connectivity index (χ4n) is 4.43. The summed E-state index contributed by atoms with van der Waals surface area (Å²) in [6.45, 7) is 3.67. The third-order valence-corrected chi connectivity index (χ3v) is 6.13. The van der Waals surface area contributed by atoms with E-state index in [1.54, 1.807) is 38.1 Å². The van der Waals surface area contributed by atoms with Gasteiger partial charge in [0, 0.05) is 11.6 Å². The SMILES string of the molecule is CC(C)[C@H](NC(=O)Cc1cccc(NC(=O)OCC2c3ccccc3-c3ccccc32)c1)C(=O)O. The van der Waals surface area contributed by atoms with Gasteiger partial charge in [0.05, 0.1) is 6.42 Å². The summed E-state index contributed by atoms with van der Waals surface area (Å²) < 4.78 is 5.58. The number of benzene rings is 3. The smallest absolute Gasteiger partial charge is 0.411 e. The molecule has 0 unspecified atom stereocenters. The second kappa shape index (κ2) is 10.4. The molecule has 0 spiro atoms. The van der Waals surface area contributed by atoms with Gasteiger partial charge in [-0.05, 0) is 45.9 Å². The molecule has 1 atom stereocenters. The van der Waals surface area contributed by atoms with Crippen LogP contribution in [0.15, 0.2) is 72.8 Å². The predicted octanol–water partition coefficient (Wildman–Crippen LogP) is 4.82. The number of carbonyl (C=O) groups excluding carboxylic acids is 2. The lowest BCUT2D eigenvalue weighted by atomic mass is 9.98. The number of carboxylic acids is 1. The Morgan fingerprint density at radius 1 is 0.914 bits per heavy atom. The molecule has 7 heteroatoms. The van der Waals surface area contributed by atoms with Crippen LogP contribution in [-0.4, -0.2) is 35.7 Å². The maximum atomic E-state index is 12.5. The van der Waals surface area contributed by atoms with Gasteiger partial charge in [0.1, 0.15) is 12.6 Å². The van der Waals surface area contributed by atoms with E-state index in [9.17, 15) is 19.5 Å². The van der Waals surface area contributed by atoms with E-state index in [1.807, 2.05) is 24.3 Å². The monoisotopic (exact) mass is 472 g/mol. The second-order valence-corrected chi connectivity index (χ2v) is 8.96. The van der Waals surface area contributed by atoms with E-state index >= 15 is 0 Å². The van der Waals surface area contributed by atoms with Crippen LogP contribution in [0.2, 0.25) is 0 Å². The molecule has 1 aliphatic rings. The number of aliphatic carboxylic acids is 1. The van der Waals surface area contributed by atoms with E-state index in [4.69, 9.17) is 4.74 Å². The van der Waals surface area contributed by atoms with Crippen LogP contribution in [-0.2, 0) is 20.7 Å². The normalized spacial score (nSPS) is 13.0. The molecule has 0 bridgehead atoms. The minimum absolute atomic E-state index is 0.00326. The zero-order chi connectivity index (χ0) is 24.9. The van der Waals surface area contributed by atoms with Crippen molar-refractivity contribution < 1.29 is 24.2 Å². The van der Waals surface area contributed by atoms with Gasteiger partial charge in [-0.3, -0.25) is 10.1 Å². The molecule has 3 N–H and O–H groups in total. The first kappa shape index (κ1) is 24.0. The Kier molecular flexibility index (Phi) is 7.15. The molecule has 0 aliphatic heterocycles. The van der Waals surface area contributed by atoms with E-state index in [-0.39, 0.29) is 24.9 Å². The van der Waals surface area contributed by atoms with Crippen molar-refractivity contribution in [3.8, 4) is 11.1 Å². The van der Waals surface area contributed by atoms with Crippen molar-refractivity contribution in [2.75, 3.05) is 11.9 Å². The van der Waals surface area contributed by atoms with Gasteiger partial charge in [0.2, 0.25) is 5.91 Å². The summed E-state index contributed by atoms with van der Waals surface area (Å²) in [4.78, 5) is 36.2. The Morgan fingerprint density at radius 3 is 2.14 bits per heavy atom. The first-order chi connectivity index (χ1) is 16.8. The van der Waals surface area contributed by atoms with Crippen LogP contribution in [0.1, 0.15) is 36.5 Å². The number of carbonyl (C=O) groups is 3. The number of hydrogen-bond donors (Lipinski definition) is 3. The van der Waals surface area contributed by atoms with E-state index in [2.05, 4.69) is 34.9 Å². The predicted molar refractivity (Wildman–Crippen MR) is 133 cm³/mol. The fraction of sp³-hybridized carbons (Fsp3) is 0.250. The van der Waals surface area contributed by atoms with Crippen LogP contribution in [0.3, 0.4) is 0 Å². The minimum Gasteiger partial charge on any atom is -0.480 e. The number of amides is 2. The molecule has 0 saturated carbocycles. The van der Waals surface area contributed by atoms with Gasteiger partial charge >= 0.3 is 12.1 Å². The first-order valence-corrected chi connectivity index (χ1v) is 11.6. The highest BCUT2D eigenvalue weighted by Gasteiger charge is 2.29. The third kappa shape index (κ3) is 5.51. The van der Waals surface area contributed by atoms with Crippen LogP contribution in [0.5, 0.6) is 0 Å². The molecule has 3 aromatic carbocycles. The zero-order valence-electron chi connectivity index (χ0n) is 19.7. The molecule has 1 aliphatic carbocycles. The summed E-state index contributed by atoms with van der Waals surface area (Å²) in [7, 11) is 0. The van der Waals surface area contributed by atoms with Gasteiger partial charge in [-0.2, -0.15) is 0 Å². The quantitative estimate of drug-likeness (QED) is 0.436. The van der Waals surface area contributed by atoms with Crippen LogP contribution in [0, 0.1) is 5.92 Å². The van der Waals surface area contributed by atoms with Crippen molar-refractivity contribution in [1.29, 1.82) is 0 Å². The van der Waals surface area contributed by atoms with Crippen molar-refractivity contribution in [2.24, 2.45) is 5.92 Å². The third-order valence-electron chi connectivity index (χ3n) is 6.13. The van der Waals surface area contributed by atoms with E-state index < -0.39 is 24.0 Å². The highest BCUT2D eigenvalue weighted by atomic mass is 16.5. The molecule has 3 aromatic rings. The van der Waals surface area contributed by atoms with Gasteiger partial charge in [0.25, 0.3) is 0 Å². The number of rotatable bonds is 8. The Bertz CT molecular complexity index is 1210. The lowest BCUT2D eigenvalue weighted by Crippen LogP contribution is -2.44. The molecule has 0 fully saturated rings. The maximum Gasteiger partial charge on any atom is 0.411 e. The molecule has 4 rings (SSSR count). The highest BCUT2D eigenvalue weighted by molar-refractivity contribution is 5.87. The first-order valence-electron chi connectivity index (χ1n) is 11.6. The Morgan fingerprint density at radius 2 is 1.54 bits per heavy atom. The molecule has 0 heterocycles. The van der Waals surface area contributed by atoms with Crippen LogP contribution in [0.4, 0.5) is 10.5 Å². The average molecular weight is 473 g/mol. The summed E-state index contributed by atoms with van der Waals surface area (Å²) in [5.41, 5.74) is 5.72. The van der Waals surface area contributed by atoms with Crippen molar-refractivity contribution in [3.63, 3.8) is 0 Å². The molecular formula is C28H28N2O5. The van der Waals surface area contributed by atoms with Crippen LogP contribution in [0.25, 0.3) is 11.1 Å². The lowest BCUT2D eigenvalue weighted by Gasteiger charge is -2.18. The van der Waals surface area contributed by atoms with Crippen molar-refractivity contribution >= 4 is 23.7 Å². The Labute approximate surface area is 204 Å². The zero-order valence-corrected chi connectivity index (χ0v) is 19.7. The molecular weight excluding hydrogens is 444 g/mol. The number of ether oxygens (including phenoxy) is 1. The fourth-order valence-corrected chi connectivity index (χ4v) is 4.43. The van der Waals surface area contributed by atoms with Crippen LogP contribution >= 0.6 is 0 Å². The van der Waals surface area contributed by atoms with Crippen LogP contribution < -0.4 is 10.6 Å². The number of hydrogen-bond acceptors (Lipinski definition) is 4. The summed E-state index contributed by atoms with van der Waals surface area (Å²) >= 11 is 0. The molecule has 0 radical (unpaired) electrons. The maximum absolute atomic E-state index is 12.5. The molecule has 7 nitrogen and oxygen atoms in total. The topological polar surface area (TPSA) is 105 Å². The highest BCUT2D eigenvalue weighted by Crippen LogP contribution is 2.44. The van der Waals surface area contributed by atoms with E-state index in [1.165, 1.54) is 0 Å². The molecule has 180 valence electrons. The van der Waals surface area contributed by atoms with Crippen molar-refractivity contribution in [1.82, 2.24) is 5.32 Å². The Balaban J connectivity index is 1.36. The largest absolute Gasteiger partial charge is 0.480 e. The summed E-state index contributed by atoms with van der Waals surface area (Å²) in [5.74, 6) is -1.74. The van der Waals surface area contributed by atoms with Crippen molar-refractivity contribution in [3.05, 3.63) is 89.5 Å². The average Bonchev–Trinajstić information content (AvgIpc) is 3.15. The van der Waals surface area contributed by atoms with Gasteiger partial charge < -0.3 is 15.2 Å². The van der Waals surface area contributed by atoms with Gasteiger partial charge in [0.15, 0.2) is 0 Å². The lowest BCUT2D eigenvalue weighted by molar-refractivity contribution is -0.143. The summed E-state index contributed by atoms with van der Waals surface area (Å²) in [5, 5.41) is 14.5. The second-order valence-electron chi connectivity index (χ2n) is 8.96. The Hall–Kier alpha value is -4.13. The number of carboxylic acid groups (broad SMARTS) is 1. The van der Waals surface area contributed by atoms with Crippen molar-refractivity contribution in [2.45, 2.75) is 32.2 Å². The minimum atomic E-state index is -1.07. The van der Waals surface area contributed by atoms with E-state index in [0.29, 0.717) is 11.3 Å².